The third kappa shape index (κ3) is 3.16. The summed E-state index contributed by atoms with van der Waals surface area (Å²) in [5.41, 5.74) is 4.64. The van der Waals surface area contributed by atoms with Gasteiger partial charge >= 0.3 is 17.8 Å². The van der Waals surface area contributed by atoms with Crippen molar-refractivity contribution in [2.24, 2.45) is 0 Å². The summed E-state index contributed by atoms with van der Waals surface area (Å²) in [4.78, 5) is 17.9. The van der Waals surface area contributed by atoms with Crippen LogP contribution in [0.1, 0.15) is 23.0 Å². The fraction of sp³-hybridized carbons (Fsp3) is 0.214. The van der Waals surface area contributed by atoms with Crippen LogP contribution in [0.15, 0.2) is 30.6 Å². The number of rotatable bonds is 3. The van der Waals surface area contributed by atoms with E-state index < -0.39 is 17.7 Å². The second-order valence-electron chi connectivity index (χ2n) is 4.34. The van der Waals surface area contributed by atoms with Crippen LogP contribution in [-0.2, 0) is 10.9 Å². The standard InChI is InChI=1S/C14H12F3N3O2/c1-2-22-13(21)12-10(18)6-8(7-20-12)11-9(14(15,16)17)4-3-5-19-11/h3-7H,2,18H2,1H3/p+1. The van der Waals surface area contributed by atoms with Crippen LogP contribution in [0.2, 0.25) is 0 Å². The zero-order valence-corrected chi connectivity index (χ0v) is 11.6. The highest BCUT2D eigenvalue weighted by molar-refractivity contribution is 5.91. The first-order valence-electron chi connectivity index (χ1n) is 6.35. The van der Waals surface area contributed by atoms with Crippen molar-refractivity contribution in [3.8, 4) is 11.3 Å². The van der Waals surface area contributed by atoms with Gasteiger partial charge in [-0.25, -0.2) is 9.78 Å². The molecule has 116 valence electrons. The lowest BCUT2D eigenvalue weighted by atomic mass is 10.1. The van der Waals surface area contributed by atoms with Gasteiger partial charge in [0, 0.05) is 6.20 Å². The summed E-state index contributed by atoms with van der Waals surface area (Å²) in [5, 5.41) is 0. The number of ether oxygens (including phenoxy) is 1. The first kappa shape index (κ1) is 15.7. The fourth-order valence-corrected chi connectivity index (χ4v) is 1.90. The zero-order chi connectivity index (χ0) is 16.3. The van der Waals surface area contributed by atoms with Gasteiger partial charge in [-0.1, -0.05) is 0 Å². The molecule has 2 aromatic rings. The number of alkyl halides is 3. The molecule has 0 aromatic carbocycles. The number of esters is 1. The van der Waals surface area contributed by atoms with Gasteiger partial charge in [-0.05, 0) is 25.1 Å². The molecule has 5 nitrogen and oxygen atoms in total. The van der Waals surface area contributed by atoms with E-state index in [9.17, 15) is 18.0 Å². The number of anilines is 1. The zero-order valence-electron chi connectivity index (χ0n) is 11.6. The molecular weight excluding hydrogens is 299 g/mol. The van der Waals surface area contributed by atoms with Gasteiger partial charge < -0.3 is 10.5 Å². The number of nitrogens with zero attached hydrogens (tertiary/aromatic N) is 1. The van der Waals surface area contributed by atoms with E-state index in [0.29, 0.717) is 0 Å². The summed E-state index contributed by atoms with van der Waals surface area (Å²) in [5.74, 6) is -0.677. The van der Waals surface area contributed by atoms with Crippen LogP contribution in [0.3, 0.4) is 0 Å². The fourth-order valence-electron chi connectivity index (χ4n) is 1.90. The molecule has 0 bridgehead atoms. The van der Waals surface area contributed by atoms with Gasteiger partial charge in [0.25, 0.3) is 0 Å². The Morgan fingerprint density at radius 2 is 2.18 bits per heavy atom. The number of halogens is 3. The third-order valence-corrected chi connectivity index (χ3v) is 2.84. The molecule has 0 atom stereocenters. The molecule has 0 aliphatic rings. The average Bonchev–Trinajstić information content (AvgIpc) is 2.46. The van der Waals surface area contributed by atoms with Crippen molar-refractivity contribution in [2.75, 3.05) is 12.3 Å². The number of nitrogens with one attached hydrogen (secondary N) is 1. The molecule has 0 saturated carbocycles. The van der Waals surface area contributed by atoms with Crippen LogP contribution >= 0.6 is 0 Å². The van der Waals surface area contributed by atoms with Gasteiger partial charge in [0.2, 0.25) is 0 Å². The van der Waals surface area contributed by atoms with E-state index in [1.54, 1.807) is 6.92 Å². The highest BCUT2D eigenvalue weighted by Gasteiger charge is 2.35. The molecule has 22 heavy (non-hydrogen) atoms. The monoisotopic (exact) mass is 312 g/mol. The van der Waals surface area contributed by atoms with E-state index >= 15 is 0 Å². The topological polar surface area (TPSA) is 79.3 Å². The van der Waals surface area contributed by atoms with Crippen molar-refractivity contribution in [3.05, 3.63) is 41.9 Å². The number of hydrogen-bond acceptors (Lipinski definition) is 4. The predicted octanol–water partition coefficient (Wildman–Crippen LogP) is 2.34. The first-order chi connectivity index (χ1) is 10.3. The Morgan fingerprint density at radius 3 is 2.77 bits per heavy atom. The minimum Gasteiger partial charge on any atom is -0.458 e. The Morgan fingerprint density at radius 1 is 1.45 bits per heavy atom. The molecule has 2 rings (SSSR count). The van der Waals surface area contributed by atoms with E-state index in [4.69, 9.17) is 10.5 Å². The summed E-state index contributed by atoms with van der Waals surface area (Å²) in [6, 6.07) is 3.38. The van der Waals surface area contributed by atoms with Crippen LogP contribution in [0.4, 0.5) is 18.9 Å². The van der Waals surface area contributed by atoms with E-state index in [0.717, 1.165) is 6.07 Å². The number of nitrogen functional groups attached to an aromatic ring is 1. The SMILES string of the molecule is CCOC(=O)c1[nH+]cc(-c2ncccc2C(F)(F)F)cc1N. The molecule has 0 unspecified atom stereocenters. The van der Waals surface area contributed by atoms with E-state index in [1.807, 2.05) is 0 Å². The second-order valence-corrected chi connectivity index (χ2v) is 4.34. The van der Waals surface area contributed by atoms with Gasteiger partial charge in [-0.2, -0.15) is 13.2 Å². The number of carbonyl (C=O) groups excluding carboxylic acids is 1. The molecule has 2 aromatic heterocycles. The Bertz CT molecular complexity index is 702. The molecule has 0 aliphatic heterocycles. The third-order valence-electron chi connectivity index (χ3n) is 2.84. The number of H-pyrrole nitrogens is 1. The number of carbonyl (C=O) groups is 1. The Kier molecular flexibility index (Phi) is 4.30. The molecule has 0 spiro atoms. The van der Waals surface area contributed by atoms with Crippen molar-refractivity contribution in [1.82, 2.24) is 4.98 Å². The van der Waals surface area contributed by atoms with Crippen LogP contribution in [-0.4, -0.2) is 17.6 Å². The normalized spacial score (nSPS) is 11.3. The van der Waals surface area contributed by atoms with Crippen LogP contribution < -0.4 is 10.7 Å². The molecule has 3 N–H and O–H groups in total. The van der Waals surface area contributed by atoms with E-state index in [-0.39, 0.29) is 29.2 Å². The number of hydrogen-bond donors (Lipinski definition) is 1. The Hall–Kier alpha value is -2.64. The van der Waals surface area contributed by atoms with Gasteiger partial charge in [0.15, 0.2) is 6.20 Å². The highest BCUT2D eigenvalue weighted by Crippen LogP contribution is 2.35. The minimum atomic E-state index is -4.54. The Balaban J connectivity index is 2.48. The first-order valence-corrected chi connectivity index (χ1v) is 6.35. The van der Waals surface area contributed by atoms with Crippen LogP contribution in [0.25, 0.3) is 11.3 Å². The van der Waals surface area contributed by atoms with Crippen molar-refractivity contribution >= 4 is 11.7 Å². The van der Waals surface area contributed by atoms with Gasteiger partial charge in [0.05, 0.1) is 23.4 Å². The number of pyridine rings is 2. The quantitative estimate of drug-likeness (QED) is 0.882. The van der Waals surface area contributed by atoms with Crippen molar-refractivity contribution in [1.29, 1.82) is 0 Å². The summed E-state index contributed by atoms with van der Waals surface area (Å²) < 4.78 is 43.7. The maximum Gasteiger partial charge on any atom is 0.418 e. The molecule has 2 heterocycles. The lowest BCUT2D eigenvalue weighted by molar-refractivity contribution is -0.381. The lowest BCUT2D eigenvalue weighted by Crippen LogP contribution is -2.22. The maximum atomic E-state index is 13.0. The van der Waals surface area contributed by atoms with E-state index in [1.165, 1.54) is 24.5 Å². The maximum absolute atomic E-state index is 13.0. The van der Waals surface area contributed by atoms with Crippen molar-refractivity contribution in [3.63, 3.8) is 0 Å². The van der Waals surface area contributed by atoms with Gasteiger partial charge in [0.1, 0.15) is 5.69 Å². The highest BCUT2D eigenvalue weighted by atomic mass is 19.4. The lowest BCUT2D eigenvalue weighted by Gasteiger charge is -2.11. The number of aromatic amines is 1. The molecule has 0 radical (unpaired) electrons. The molecule has 8 heteroatoms. The molecule has 0 amide bonds. The smallest absolute Gasteiger partial charge is 0.418 e. The van der Waals surface area contributed by atoms with Crippen LogP contribution in [0.5, 0.6) is 0 Å². The Labute approximate surface area is 123 Å². The predicted molar refractivity (Wildman–Crippen MR) is 71.6 cm³/mol. The number of nitrogens with two attached hydrogens (primary N) is 1. The summed E-state index contributed by atoms with van der Waals surface area (Å²) >= 11 is 0. The van der Waals surface area contributed by atoms with E-state index in [2.05, 4.69) is 9.97 Å². The van der Waals surface area contributed by atoms with Gasteiger partial charge in [-0.3, -0.25) is 4.98 Å². The van der Waals surface area contributed by atoms with Crippen molar-refractivity contribution < 1.29 is 27.7 Å². The summed E-state index contributed by atoms with van der Waals surface area (Å²) in [6.07, 6.45) is -2.06. The molecule has 0 fully saturated rings. The minimum absolute atomic E-state index is 0.0184. The summed E-state index contributed by atoms with van der Waals surface area (Å²) in [7, 11) is 0. The van der Waals surface area contributed by atoms with Crippen molar-refractivity contribution in [2.45, 2.75) is 13.1 Å². The second kappa shape index (κ2) is 6.00. The molecular formula is C14H13F3N3O2+. The number of aromatic nitrogens is 2. The molecule has 0 aliphatic carbocycles. The largest absolute Gasteiger partial charge is 0.458 e. The molecule has 0 saturated heterocycles. The van der Waals surface area contributed by atoms with Crippen LogP contribution in [0, 0.1) is 0 Å². The summed E-state index contributed by atoms with van der Waals surface area (Å²) in [6.45, 7) is 1.79. The average molecular weight is 312 g/mol. The van der Waals surface area contributed by atoms with Gasteiger partial charge in [-0.15, -0.1) is 0 Å².